The lowest BCUT2D eigenvalue weighted by Gasteiger charge is -2.33. The average molecular weight is 364 g/mol. The monoisotopic (exact) mass is 364 g/mol. The molecule has 8 heteroatoms. The van der Waals surface area contributed by atoms with Crippen molar-refractivity contribution in [3.63, 3.8) is 0 Å². The number of fused-ring (bicyclic) bond motifs is 1. The third-order valence-corrected chi connectivity index (χ3v) is 5.33. The fraction of sp³-hybridized carbons (Fsp3) is 0.588. The molecule has 0 spiro atoms. The molecule has 0 radical (unpaired) electrons. The Kier molecular flexibility index (Phi) is 5.82. The fourth-order valence-corrected chi connectivity index (χ4v) is 4.06. The maximum absolute atomic E-state index is 12.8. The molecule has 7 nitrogen and oxygen atoms in total. The summed E-state index contributed by atoms with van der Waals surface area (Å²) in [7, 11) is 0. The van der Waals surface area contributed by atoms with Gasteiger partial charge in [-0.25, -0.2) is 4.68 Å². The van der Waals surface area contributed by atoms with Crippen molar-refractivity contribution in [1.29, 1.82) is 0 Å². The number of hydrogen-bond acceptors (Lipinski definition) is 6. The van der Waals surface area contributed by atoms with Crippen LogP contribution in [0.1, 0.15) is 47.7 Å². The van der Waals surface area contributed by atoms with Crippen molar-refractivity contribution in [2.24, 2.45) is 0 Å². The third-order valence-electron chi connectivity index (χ3n) is 4.34. The van der Waals surface area contributed by atoms with Gasteiger partial charge in [-0.2, -0.15) is 0 Å². The molecule has 0 aromatic carbocycles. The van der Waals surface area contributed by atoms with E-state index in [-0.39, 0.29) is 18.2 Å². The topological polar surface area (TPSA) is 69.5 Å². The Balaban J connectivity index is 1.68. The highest BCUT2D eigenvalue weighted by Gasteiger charge is 2.30. The lowest BCUT2D eigenvalue weighted by atomic mass is 10.0. The third kappa shape index (κ3) is 3.91. The molecule has 1 atom stereocenters. The minimum atomic E-state index is -0.387. The van der Waals surface area contributed by atoms with E-state index in [0.717, 1.165) is 6.42 Å². The maximum atomic E-state index is 12.8. The fourth-order valence-electron chi connectivity index (χ4n) is 3.10. The molecule has 25 heavy (non-hydrogen) atoms. The van der Waals surface area contributed by atoms with Gasteiger partial charge in [0.15, 0.2) is 12.0 Å². The molecule has 0 saturated heterocycles. The molecule has 3 rings (SSSR count). The highest BCUT2D eigenvalue weighted by Crippen LogP contribution is 2.33. The Labute approximate surface area is 151 Å². The van der Waals surface area contributed by atoms with E-state index in [9.17, 15) is 4.79 Å². The van der Waals surface area contributed by atoms with Crippen molar-refractivity contribution >= 4 is 17.2 Å². The predicted molar refractivity (Wildman–Crippen MR) is 94.5 cm³/mol. The zero-order chi connectivity index (χ0) is 17.8. The van der Waals surface area contributed by atoms with Gasteiger partial charge >= 0.3 is 0 Å². The maximum Gasteiger partial charge on any atom is 0.276 e. The normalized spacial score (nSPS) is 17.1. The quantitative estimate of drug-likeness (QED) is 0.706. The smallest absolute Gasteiger partial charge is 0.276 e. The minimum Gasteiger partial charge on any atom is -0.351 e. The SMILES string of the molecule is CCOC(Cn1cc(C(=O)N2CCc3sccc3C2C)nn1)OCC. The molecule has 0 aliphatic carbocycles. The molecule has 1 amide bonds. The first-order valence-corrected chi connectivity index (χ1v) is 9.52. The van der Waals surface area contributed by atoms with E-state index in [2.05, 4.69) is 28.7 Å². The number of hydrogen-bond donors (Lipinski definition) is 0. The largest absolute Gasteiger partial charge is 0.351 e. The molecule has 0 N–H and O–H groups in total. The minimum absolute atomic E-state index is 0.0623. The molecule has 1 aliphatic rings. The van der Waals surface area contributed by atoms with Crippen molar-refractivity contribution in [3.05, 3.63) is 33.8 Å². The molecule has 0 saturated carbocycles. The summed E-state index contributed by atoms with van der Waals surface area (Å²) in [6.07, 6.45) is 2.18. The summed E-state index contributed by atoms with van der Waals surface area (Å²) in [6, 6.07) is 2.17. The van der Waals surface area contributed by atoms with E-state index in [1.165, 1.54) is 10.4 Å². The highest BCUT2D eigenvalue weighted by atomic mass is 32.1. The van der Waals surface area contributed by atoms with Gasteiger partial charge in [-0.3, -0.25) is 4.79 Å². The Bertz CT molecular complexity index is 708. The van der Waals surface area contributed by atoms with E-state index in [1.54, 1.807) is 22.2 Å². The van der Waals surface area contributed by atoms with Crippen molar-refractivity contribution in [3.8, 4) is 0 Å². The number of thiophene rings is 1. The number of rotatable bonds is 7. The summed E-state index contributed by atoms with van der Waals surface area (Å²) in [5.74, 6) is -0.0834. The Morgan fingerprint density at radius 1 is 1.40 bits per heavy atom. The van der Waals surface area contributed by atoms with Crippen LogP contribution in [0.2, 0.25) is 0 Å². The molecule has 1 aliphatic heterocycles. The summed E-state index contributed by atoms with van der Waals surface area (Å²) in [6.45, 7) is 8.12. The summed E-state index contributed by atoms with van der Waals surface area (Å²) in [4.78, 5) is 16.1. The van der Waals surface area contributed by atoms with Gasteiger partial charge in [0.25, 0.3) is 5.91 Å². The molecular formula is C17H24N4O3S. The van der Waals surface area contributed by atoms with Crippen LogP contribution in [-0.2, 0) is 22.4 Å². The molecular weight excluding hydrogens is 340 g/mol. The van der Waals surface area contributed by atoms with Crippen LogP contribution in [-0.4, -0.2) is 51.8 Å². The summed E-state index contributed by atoms with van der Waals surface area (Å²) in [5, 5.41) is 10.2. The van der Waals surface area contributed by atoms with E-state index in [0.29, 0.717) is 32.0 Å². The lowest BCUT2D eigenvalue weighted by molar-refractivity contribution is -0.145. The summed E-state index contributed by atoms with van der Waals surface area (Å²) >= 11 is 1.76. The van der Waals surface area contributed by atoms with Gasteiger partial charge in [0, 0.05) is 24.6 Å². The van der Waals surface area contributed by atoms with Gasteiger partial charge in [-0.15, -0.1) is 16.4 Å². The number of carbonyl (C=O) groups excluding carboxylic acids is 1. The zero-order valence-electron chi connectivity index (χ0n) is 14.8. The van der Waals surface area contributed by atoms with E-state index in [4.69, 9.17) is 9.47 Å². The Morgan fingerprint density at radius 2 is 2.16 bits per heavy atom. The second kappa shape index (κ2) is 8.07. The Morgan fingerprint density at radius 3 is 2.88 bits per heavy atom. The van der Waals surface area contributed by atoms with Crippen LogP contribution in [0.5, 0.6) is 0 Å². The van der Waals surface area contributed by atoms with Crippen LogP contribution >= 0.6 is 11.3 Å². The van der Waals surface area contributed by atoms with Gasteiger partial charge in [0.1, 0.15) is 0 Å². The van der Waals surface area contributed by atoms with Crippen molar-refractivity contribution < 1.29 is 14.3 Å². The van der Waals surface area contributed by atoms with E-state index < -0.39 is 0 Å². The summed E-state index contributed by atoms with van der Waals surface area (Å²) < 4.78 is 12.6. The van der Waals surface area contributed by atoms with Crippen molar-refractivity contribution in [2.45, 2.75) is 46.1 Å². The van der Waals surface area contributed by atoms with Crippen molar-refractivity contribution in [1.82, 2.24) is 19.9 Å². The number of ether oxygens (including phenoxy) is 2. The van der Waals surface area contributed by atoms with E-state index in [1.807, 2.05) is 18.7 Å². The van der Waals surface area contributed by atoms with Gasteiger partial charge in [-0.1, -0.05) is 5.21 Å². The Hall–Kier alpha value is -1.77. The van der Waals surface area contributed by atoms with Crippen LogP contribution in [0.15, 0.2) is 17.6 Å². The molecule has 2 aromatic rings. The summed E-state index contributed by atoms with van der Waals surface area (Å²) in [5.41, 5.74) is 1.60. The average Bonchev–Trinajstić information content (AvgIpc) is 3.24. The molecule has 136 valence electrons. The number of aromatic nitrogens is 3. The second-order valence-corrected chi connectivity index (χ2v) is 6.89. The van der Waals surface area contributed by atoms with Gasteiger partial charge in [0.2, 0.25) is 0 Å². The number of carbonyl (C=O) groups is 1. The van der Waals surface area contributed by atoms with Crippen LogP contribution in [0.25, 0.3) is 0 Å². The van der Waals surface area contributed by atoms with Crippen LogP contribution < -0.4 is 0 Å². The van der Waals surface area contributed by atoms with E-state index >= 15 is 0 Å². The van der Waals surface area contributed by atoms with Crippen molar-refractivity contribution in [2.75, 3.05) is 19.8 Å². The van der Waals surface area contributed by atoms with Gasteiger partial charge in [0.05, 0.1) is 18.8 Å². The highest BCUT2D eigenvalue weighted by molar-refractivity contribution is 7.10. The first-order chi connectivity index (χ1) is 12.1. The second-order valence-electron chi connectivity index (χ2n) is 5.89. The molecule has 0 bridgehead atoms. The lowest BCUT2D eigenvalue weighted by Crippen LogP contribution is -2.38. The molecule has 3 heterocycles. The molecule has 1 unspecified atom stereocenters. The van der Waals surface area contributed by atoms with Crippen LogP contribution in [0, 0.1) is 0 Å². The number of amides is 1. The first-order valence-electron chi connectivity index (χ1n) is 8.64. The first kappa shape index (κ1) is 18.0. The number of nitrogens with zero attached hydrogens (tertiary/aromatic N) is 4. The van der Waals surface area contributed by atoms with Crippen LogP contribution in [0.4, 0.5) is 0 Å². The zero-order valence-corrected chi connectivity index (χ0v) is 15.7. The molecule has 0 fully saturated rings. The standard InChI is InChI=1S/C17H24N4O3S/c1-4-23-16(24-5-2)11-20-10-14(18-19-20)17(22)21-8-6-15-13(12(21)3)7-9-25-15/h7,9-10,12,16H,4-6,8,11H2,1-3H3. The van der Waals surface area contributed by atoms with Gasteiger partial charge < -0.3 is 14.4 Å². The van der Waals surface area contributed by atoms with Crippen LogP contribution in [0.3, 0.4) is 0 Å². The van der Waals surface area contributed by atoms with Gasteiger partial charge in [-0.05, 0) is 44.2 Å². The predicted octanol–water partition coefficient (Wildman–Crippen LogP) is 2.50. The molecule has 2 aromatic heterocycles.